The molecule has 0 radical (unpaired) electrons. The number of hydroxylamine groups is 1. The summed E-state index contributed by atoms with van der Waals surface area (Å²) in [6.07, 6.45) is -0.505. The third-order valence-corrected chi connectivity index (χ3v) is 2.00. The molecule has 1 aliphatic rings. The number of nitrogens with one attached hydrogen (secondary N) is 1. The van der Waals surface area contributed by atoms with E-state index in [1.165, 1.54) is 0 Å². The molecule has 0 saturated carbocycles. The SMILES string of the molecule is [O-]C1Cc2ccccc2[NH+]1O. The molecule has 0 aliphatic carbocycles. The van der Waals surface area contributed by atoms with Gasteiger partial charge in [-0.3, -0.25) is 0 Å². The predicted molar refractivity (Wildman–Crippen MR) is 36.3 cm³/mol. The fraction of sp³-hybridized carbons (Fsp3) is 0.250. The fourth-order valence-electron chi connectivity index (χ4n) is 1.42. The van der Waals surface area contributed by atoms with Crippen LogP contribution in [0.4, 0.5) is 5.69 Å². The molecule has 0 bridgehead atoms. The van der Waals surface area contributed by atoms with Gasteiger partial charge in [-0.1, -0.05) is 18.2 Å². The molecule has 1 aliphatic heterocycles. The Bertz CT molecular complexity index is 275. The second kappa shape index (κ2) is 2.30. The number of rotatable bonds is 0. The van der Waals surface area contributed by atoms with E-state index in [0.29, 0.717) is 6.42 Å². The van der Waals surface area contributed by atoms with Gasteiger partial charge in [-0.2, -0.15) is 5.06 Å². The van der Waals surface area contributed by atoms with Crippen LogP contribution in [0.25, 0.3) is 0 Å². The Kier molecular flexibility index (Phi) is 1.42. The van der Waals surface area contributed by atoms with Crippen molar-refractivity contribution < 1.29 is 15.4 Å². The van der Waals surface area contributed by atoms with Gasteiger partial charge in [0.1, 0.15) is 0 Å². The summed E-state index contributed by atoms with van der Waals surface area (Å²) in [5.74, 6) is 0. The molecular formula is C8H9NO2. The number of quaternary nitrogens is 1. The van der Waals surface area contributed by atoms with E-state index in [1.807, 2.05) is 18.2 Å². The monoisotopic (exact) mass is 151 g/mol. The van der Waals surface area contributed by atoms with Crippen LogP contribution in [0.2, 0.25) is 0 Å². The van der Waals surface area contributed by atoms with Crippen molar-refractivity contribution in [3.8, 4) is 0 Å². The van der Waals surface area contributed by atoms with Gasteiger partial charge in [-0.25, -0.2) is 5.21 Å². The second-order valence-electron chi connectivity index (χ2n) is 2.74. The number of para-hydroxylation sites is 1. The van der Waals surface area contributed by atoms with Crippen LogP contribution in [0.1, 0.15) is 5.56 Å². The second-order valence-corrected chi connectivity index (χ2v) is 2.74. The molecule has 11 heavy (non-hydrogen) atoms. The minimum atomic E-state index is -0.938. The topological polar surface area (TPSA) is 47.7 Å². The Morgan fingerprint density at radius 1 is 1.45 bits per heavy atom. The molecule has 1 heterocycles. The minimum Gasteiger partial charge on any atom is -0.804 e. The van der Waals surface area contributed by atoms with Crippen LogP contribution in [-0.4, -0.2) is 11.4 Å². The van der Waals surface area contributed by atoms with Gasteiger partial charge in [0, 0.05) is 18.1 Å². The maximum atomic E-state index is 11.0. The summed E-state index contributed by atoms with van der Waals surface area (Å²) in [5, 5.41) is 20.3. The lowest BCUT2D eigenvalue weighted by Gasteiger charge is -2.16. The molecule has 3 heteroatoms. The lowest BCUT2D eigenvalue weighted by molar-refractivity contribution is -1.10. The molecule has 2 N–H and O–H groups in total. The molecule has 0 amide bonds. The highest BCUT2D eigenvalue weighted by atomic mass is 16.5. The van der Waals surface area contributed by atoms with Crippen LogP contribution in [0.15, 0.2) is 24.3 Å². The standard InChI is InChI=1S/C8H8NO2/c10-8-5-6-3-1-2-4-7(6)9(8)11/h1-4,8,11H,5H2/q-1/p+1. The minimum absolute atomic E-state index is 0.000556. The van der Waals surface area contributed by atoms with E-state index in [9.17, 15) is 10.3 Å². The van der Waals surface area contributed by atoms with Crippen molar-refractivity contribution in [3.05, 3.63) is 29.8 Å². The van der Waals surface area contributed by atoms with Gasteiger partial charge in [0.15, 0.2) is 5.69 Å². The van der Waals surface area contributed by atoms with E-state index >= 15 is 0 Å². The average molecular weight is 151 g/mol. The molecule has 0 fully saturated rings. The van der Waals surface area contributed by atoms with Crippen LogP contribution in [0.3, 0.4) is 0 Å². The van der Waals surface area contributed by atoms with Gasteiger partial charge in [-0.05, 0) is 0 Å². The first kappa shape index (κ1) is 6.79. The Balaban J connectivity index is 2.47. The zero-order valence-electron chi connectivity index (χ0n) is 5.95. The number of hydrogen-bond donors (Lipinski definition) is 2. The van der Waals surface area contributed by atoms with Crippen LogP contribution in [0, 0.1) is 0 Å². The van der Waals surface area contributed by atoms with E-state index in [2.05, 4.69) is 0 Å². The molecule has 2 atom stereocenters. The van der Waals surface area contributed by atoms with Crippen molar-refractivity contribution in [2.75, 3.05) is 0 Å². The Morgan fingerprint density at radius 3 is 2.91 bits per heavy atom. The Labute approximate surface area is 64.5 Å². The maximum absolute atomic E-state index is 11.0. The molecular weight excluding hydrogens is 142 g/mol. The summed E-state index contributed by atoms with van der Waals surface area (Å²) in [7, 11) is 0. The van der Waals surface area contributed by atoms with Crippen molar-refractivity contribution in [1.29, 1.82) is 0 Å². The summed E-state index contributed by atoms with van der Waals surface area (Å²) in [4.78, 5) is 0. The van der Waals surface area contributed by atoms with E-state index < -0.39 is 6.23 Å². The van der Waals surface area contributed by atoms with Gasteiger partial charge in [0.05, 0.1) is 6.23 Å². The Hall–Kier alpha value is -0.900. The van der Waals surface area contributed by atoms with E-state index in [4.69, 9.17) is 0 Å². The molecule has 0 spiro atoms. The van der Waals surface area contributed by atoms with Crippen LogP contribution < -0.4 is 10.2 Å². The summed E-state index contributed by atoms with van der Waals surface area (Å²) >= 11 is 0. The third-order valence-electron chi connectivity index (χ3n) is 2.00. The first-order valence-electron chi connectivity index (χ1n) is 3.59. The Morgan fingerprint density at radius 2 is 2.18 bits per heavy atom. The van der Waals surface area contributed by atoms with Gasteiger partial charge < -0.3 is 5.11 Å². The zero-order valence-corrected chi connectivity index (χ0v) is 5.95. The molecule has 1 aromatic carbocycles. The molecule has 0 saturated heterocycles. The smallest absolute Gasteiger partial charge is 0.165 e. The normalized spacial score (nSPS) is 28.5. The van der Waals surface area contributed by atoms with Crippen molar-refractivity contribution in [1.82, 2.24) is 0 Å². The lowest BCUT2D eigenvalue weighted by atomic mass is 10.2. The maximum Gasteiger partial charge on any atom is 0.165 e. The van der Waals surface area contributed by atoms with Crippen LogP contribution >= 0.6 is 0 Å². The highest BCUT2D eigenvalue weighted by Gasteiger charge is 2.25. The van der Waals surface area contributed by atoms with E-state index in [1.54, 1.807) is 6.07 Å². The zero-order chi connectivity index (χ0) is 7.84. The van der Waals surface area contributed by atoms with Crippen LogP contribution in [-0.2, 0) is 6.42 Å². The average Bonchev–Trinajstić information content (AvgIpc) is 2.30. The first-order valence-corrected chi connectivity index (χ1v) is 3.59. The highest BCUT2D eigenvalue weighted by molar-refractivity contribution is 5.41. The summed E-state index contributed by atoms with van der Waals surface area (Å²) < 4.78 is 0. The van der Waals surface area contributed by atoms with Gasteiger partial charge in [0.25, 0.3) is 0 Å². The number of hydrogen-bond acceptors (Lipinski definition) is 2. The molecule has 2 unspecified atom stereocenters. The van der Waals surface area contributed by atoms with Crippen molar-refractivity contribution in [3.63, 3.8) is 0 Å². The molecule has 3 nitrogen and oxygen atoms in total. The lowest BCUT2D eigenvalue weighted by Crippen LogP contribution is -3.10. The fourth-order valence-corrected chi connectivity index (χ4v) is 1.42. The number of benzene rings is 1. The van der Waals surface area contributed by atoms with Crippen molar-refractivity contribution in [2.45, 2.75) is 12.6 Å². The summed E-state index contributed by atoms with van der Waals surface area (Å²) in [6.45, 7) is 0. The van der Waals surface area contributed by atoms with E-state index in [0.717, 1.165) is 11.3 Å². The van der Waals surface area contributed by atoms with Gasteiger partial charge in [0.2, 0.25) is 0 Å². The van der Waals surface area contributed by atoms with Gasteiger partial charge in [-0.15, -0.1) is 0 Å². The van der Waals surface area contributed by atoms with Crippen molar-refractivity contribution >= 4 is 5.69 Å². The van der Waals surface area contributed by atoms with Crippen molar-refractivity contribution in [2.24, 2.45) is 0 Å². The molecule has 0 aromatic heterocycles. The third kappa shape index (κ3) is 0.939. The molecule has 2 rings (SSSR count). The van der Waals surface area contributed by atoms with E-state index in [-0.39, 0.29) is 5.06 Å². The van der Waals surface area contributed by atoms with Gasteiger partial charge >= 0.3 is 0 Å². The first-order chi connectivity index (χ1) is 5.29. The highest BCUT2D eigenvalue weighted by Crippen LogP contribution is 2.15. The molecule has 58 valence electrons. The largest absolute Gasteiger partial charge is 0.804 e. The predicted octanol–water partition coefficient (Wildman–Crippen LogP) is -1.17. The summed E-state index contributed by atoms with van der Waals surface area (Å²) in [5.41, 5.74) is 1.69. The number of fused-ring (bicyclic) bond motifs is 1. The molecule has 1 aromatic rings. The quantitative estimate of drug-likeness (QED) is 0.491. The van der Waals surface area contributed by atoms with Crippen LogP contribution in [0.5, 0.6) is 0 Å². The summed E-state index contributed by atoms with van der Waals surface area (Å²) in [6, 6.07) is 7.36.